The number of hydrogen-bond acceptors (Lipinski definition) is 4. The van der Waals surface area contributed by atoms with Gasteiger partial charge in [0.15, 0.2) is 0 Å². The summed E-state index contributed by atoms with van der Waals surface area (Å²) in [5, 5.41) is 3.49. The molecule has 1 fully saturated rings. The predicted molar refractivity (Wildman–Crippen MR) is 75.0 cm³/mol. The van der Waals surface area contributed by atoms with Gasteiger partial charge in [-0.2, -0.15) is 0 Å². The average molecular weight is 258 g/mol. The summed E-state index contributed by atoms with van der Waals surface area (Å²) in [6, 6.07) is 1.30. The average Bonchev–Trinajstić information content (AvgIpc) is 2.42. The Morgan fingerprint density at radius 3 is 2.44 bits per heavy atom. The number of rotatable bonds is 9. The van der Waals surface area contributed by atoms with Gasteiger partial charge in [0.1, 0.15) is 0 Å². The number of likely N-dealkylation sites (N-methyl/N-ethyl adjacent to an activating group) is 1. The maximum atomic E-state index is 5.24. The van der Waals surface area contributed by atoms with Crippen LogP contribution < -0.4 is 5.32 Å². The number of hydrogen-bond donors (Lipinski definition) is 1. The van der Waals surface area contributed by atoms with Gasteiger partial charge in [-0.3, -0.25) is 4.90 Å². The van der Waals surface area contributed by atoms with E-state index in [-0.39, 0.29) is 0 Å². The van der Waals surface area contributed by atoms with Gasteiger partial charge in [-0.15, -0.1) is 0 Å². The highest BCUT2D eigenvalue weighted by Gasteiger charge is 2.28. The molecular weight excluding hydrogens is 228 g/mol. The minimum absolute atomic E-state index is 0.637. The van der Waals surface area contributed by atoms with Crippen LogP contribution in [0.25, 0.3) is 0 Å². The van der Waals surface area contributed by atoms with Crippen molar-refractivity contribution in [2.24, 2.45) is 0 Å². The van der Waals surface area contributed by atoms with Crippen molar-refractivity contribution >= 4 is 0 Å². The molecule has 0 heterocycles. The first-order chi connectivity index (χ1) is 8.83. The fourth-order valence-electron chi connectivity index (χ4n) is 2.95. The normalized spacial score (nSPS) is 24.7. The summed E-state index contributed by atoms with van der Waals surface area (Å²) in [7, 11) is 5.65. The second kappa shape index (κ2) is 9.73. The zero-order valence-electron chi connectivity index (χ0n) is 12.3. The Balaban J connectivity index is 2.48. The molecule has 2 atom stereocenters. The molecule has 1 saturated carbocycles. The van der Waals surface area contributed by atoms with E-state index in [0.717, 1.165) is 32.7 Å². The first kappa shape index (κ1) is 15.9. The minimum atomic E-state index is 0.637. The lowest BCUT2D eigenvalue weighted by Crippen LogP contribution is -2.52. The molecule has 4 nitrogen and oxygen atoms in total. The molecule has 2 unspecified atom stereocenters. The molecule has 0 radical (unpaired) electrons. The molecule has 0 bridgehead atoms. The van der Waals surface area contributed by atoms with Crippen LogP contribution in [-0.4, -0.2) is 64.6 Å². The molecular formula is C14H30N2O2. The van der Waals surface area contributed by atoms with Crippen LogP contribution in [-0.2, 0) is 9.47 Å². The fourth-order valence-corrected chi connectivity index (χ4v) is 2.95. The monoisotopic (exact) mass is 258 g/mol. The zero-order chi connectivity index (χ0) is 13.2. The molecule has 0 aromatic carbocycles. The zero-order valence-corrected chi connectivity index (χ0v) is 12.3. The van der Waals surface area contributed by atoms with E-state index < -0.39 is 0 Å². The molecule has 0 aliphatic heterocycles. The van der Waals surface area contributed by atoms with Crippen molar-refractivity contribution in [3.8, 4) is 0 Å². The molecule has 1 rings (SSSR count). The summed E-state index contributed by atoms with van der Waals surface area (Å²) in [6.45, 7) is 3.81. The van der Waals surface area contributed by atoms with Crippen LogP contribution in [0.4, 0.5) is 0 Å². The van der Waals surface area contributed by atoms with E-state index in [1.165, 1.54) is 25.7 Å². The van der Waals surface area contributed by atoms with Crippen LogP contribution >= 0.6 is 0 Å². The summed E-state index contributed by atoms with van der Waals surface area (Å²) in [6.07, 6.45) is 6.43. The van der Waals surface area contributed by atoms with E-state index in [2.05, 4.69) is 17.3 Å². The van der Waals surface area contributed by atoms with Crippen molar-refractivity contribution in [2.45, 2.75) is 44.2 Å². The summed E-state index contributed by atoms with van der Waals surface area (Å²) >= 11 is 0. The molecule has 108 valence electrons. The van der Waals surface area contributed by atoms with E-state index in [9.17, 15) is 0 Å². The third-order valence-corrected chi connectivity index (χ3v) is 3.95. The van der Waals surface area contributed by atoms with E-state index in [4.69, 9.17) is 9.47 Å². The summed E-state index contributed by atoms with van der Waals surface area (Å²) in [4.78, 5) is 2.59. The maximum Gasteiger partial charge on any atom is 0.0589 e. The van der Waals surface area contributed by atoms with Gasteiger partial charge in [-0.25, -0.2) is 0 Å². The van der Waals surface area contributed by atoms with Crippen LogP contribution in [0, 0.1) is 0 Å². The Morgan fingerprint density at radius 1 is 1.06 bits per heavy atom. The van der Waals surface area contributed by atoms with Crippen LogP contribution in [0.5, 0.6) is 0 Å². The lowest BCUT2D eigenvalue weighted by Gasteiger charge is -2.40. The van der Waals surface area contributed by atoms with Crippen molar-refractivity contribution in [1.82, 2.24) is 10.2 Å². The first-order valence-electron chi connectivity index (χ1n) is 7.22. The summed E-state index contributed by atoms with van der Waals surface area (Å²) in [5.41, 5.74) is 0. The van der Waals surface area contributed by atoms with Crippen molar-refractivity contribution < 1.29 is 9.47 Å². The Morgan fingerprint density at radius 2 is 1.78 bits per heavy atom. The summed E-state index contributed by atoms with van der Waals surface area (Å²) < 4.78 is 10.4. The van der Waals surface area contributed by atoms with Gasteiger partial charge >= 0.3 is 0 Å². The molecule has 0 aromatic heterocycles. The quantitative estimate of drug-likeness (QED) is 0.636. The number of nitrogens with one attached hydrogen (secondary N) is 1. The van der Waals surface area contributed by atoms with E-state index in [1.807, 2.05) is 0 Å². The molecule has 4 heteroatoms. The standard InChI is InChI=1S/C14H30N2O2/c1-15-13-7-4-5-8-14(13)16(10-12-18-3)9-6-11-17-2/h13-15H,4-12H2,1-3H3. The van der Waals surface area contributed by atoms with Crippen molar-refractivity contribution in [3.05, 3.63) is 0 Å². The predicted octanol–water partition coefficient (Wildman–Crippen LogP) is 1.50. The molecule has 0 amide bonds. The Kier molecular flexibility index (Phi) is 8.59. The highest BCUT2D eigenvalue weighted by Crippen LogP contribution is 2.23. The third-order valence-electron chi connectivity index (χ3n) is 3.95. The highest BCUT2D eigenvalue weighted by molar-refractivity contribution is 4.87. The second-order valence-electron chi connectivity index (χ2n) is 5.12. The van der Waals surface area contributed by atoms with Gasteiger partial charge in [0.05, 0.1) is 6.61 Å². The maximum absolute atomic E-state index is 5.24. The second-order valence-corrected chi connectivity index (χ2v) is 5.12. The van der Waals surface area contributed by atoms with Crippen LogP contribution in [0.15, 0.2) is 0 Å². The first-order valence-corrected chi connectivity index (χ1v) is 7.22. The Hall–Kier alpha value is -0.160. The Labute approximate surface area is 112 Å². The van der Waals surface area contributed by atoms with Gasteiger partial charge in [-0.05, 0) is 26.3 Å². The molecule has 18 heavy (non-hydrogen) atoms. The van der Waals surface area contributed by atoms with Crippen LogP contribution in [0.2, 0.25) is 0 Å². The lowest BCUT2D eigenvalue weighted by atomic mass is 9.89. The lowest BCUT2D eigenvalue weighted by molar-refractivity contribution is 0.0759. The third kappa shape index (κ3) is 5.22. The molecule has 0 spiro atoms. The molecule has 1 aliphatic rings. The molecule has 1 aliphatic carbocycles. The molecule has 0 saturated heterocycles. The topological polar surface area (TPSA) is 33.7 Å². The van der Waals surface area contributed by atoms with E-state index in [1.54, 1.807) is 14.2 Å². The number of nitrogens with zero attached hydrogens (tertiary/aromatic N) is 1. The number of ether oxygens (including phenoxy) is 2. The van der Waals surface area contributed by atoms with Crippen LogP contribution in [0.1, 0.15) is 32.1 Å². The Bertz CT molecular complexity index is 202. The molecule has 0 aromatic rings. The minimum Gasteiger partial charge on any atom is -0.385 e. The van der Waals surface area contributed by atoms with Gasteiger partial charge in [-0.1, -0.05) is 12.8 Å². The smallest absolute Gasteiger partial charge is 0.0589 e. The largest absolute Gasteiger partial charge is 0.385 e. The SMILES string of the molecule is CNC1CCCCC1N(CCCOC)CCOC. The number of methoxy groups -OCH3 is 2. The van der Waals surface area contributed by atoms with Gasteiger partial charge in [0.2, 0.25) is 0 Å². The fraction of sp³-hybridized carbons (Fsp3) is 1.00. The summed E-state index contributed by atoms with van der Waals surface area (Å²) in [5.74, 6) is 0. The van der Waals surface area contributed by atoms with Crippen molar-refractivity contribution in [1.29, 1.82) is 0 Å². The van der Waals surface area contributed by atoms with Gasteiger partial charge < -0.3 is 14.8 Å². The molecule has 1 N–H and O–H groups in total. The van der Waals surface area contributed by atoms with Crippen molar-refractivity contribution in [2.75, 3.05) is 47.6 Å². The van der Waals surface area contributed by atoms with E-state index >= 15 is 0 Å². The van der Waals surface area contributed by atoms with E-state index in [0.29, 0.717) is 12.1 Å². The highest BCUT2D eigenvalue weighted by atomic mass is 16.5. The van der Waals surface area contributed by atoms with Gasteiger partial charge in [0.25, 0.3) is 0 Å². The van der Waals surface area contributed by atoms with Crippen molar-refractivity contribution in [3.63, 3.8) is 0 Å². The van der Waals surface area contributed by atoms with Gasteiger partial charge in [0, 0.05) is 46.0 Å². The van der Waals surface area contributed by atoms with Crippen LogP contribution in [0.3, 0.4) is 0 Å².